The largest absolute Gasteiger partial charge is 0.486 e. The summed E-state index contributed by atoms with van der Waals surface area (Å²) in [6.45, 7) is 6.63. The monoisotopic (exact) mass is 345 g/mol. The minimum Gasteiger partial charge on any atom is -0.486 e. The summed E-state index contributed by atoms with van der Waals surface area (Å²) in [6.07, 6.45) is 3.19. The van der Waals surface area contributed by atoms with Gasteiger partial charge in [0.05, 0.1) is 12.6 Å². The molecule has 0 radical (unpaired) electrons. The molecule has 0 bridgehead atoms. The van der Waals surface area contributed by atoms with Crippen LogP contribution in [0, 0.1) is 12.8 Å². The summed E-state index contributed by atoms with van der Waals surface area (Å²) in [6, 6.07) is 5.80. The van der Waals surface area contributed by atoms with E-state index >= 15 is 0 Å². The average molecular weight is 345 g/mol. The fraction of sp³-hybridized carbons (Fsp3) is 0.600. The van der Waals surface area contributed by atoms with Crippen molar-refractivity contribution in [3.05, 3.63) is 29.3 Å². The lowest BCUT2D eigenvalue weighted by Gasteiger charge is -2.23. The van der Waals surface area contributed by atoms with E-state index in [4.69, 9.17) is 9.47 Å². The van der Waals surface area contributed by atoms with Crippen LogP contribution in [-0.2, 0) is 14.3 Å². The Balaban J connectivity index is 1.87. The van der Waals surface area contributed by atoms with Crippen LogP contribution >= 0.6 is 0 Å². The normalized spacial score (nSPS) is 23.8. The predicted molar refractivity (Wildman–Crippen MR) is 94.3 cm³/mol. The van der Waals surface area contributed by atoms with E-state index in [1.54, 1.807) is 6.92 Å². The first kappa shape index (κ1) is 17.8. The van der Waals surface area contributed by atoms with Crippen molar-refractivity contribution in [3.63, 3.8) is 0 Å². The van der Waals surface area contributed by atoms with E-state index in [1.807, 2.05) is 30.0 Å². The van der Waals surface area contributed by atoms with Crippen LogP contribution in [0.2, 0.25) is 0 Å². The fourth-order valence-corrected chi connectivity index (χ4v) is 3.91. The number of carbonyl (C=O) groups is 2. The van der Waals surface area contributed by atoms with E-state index in [1.165, 1.54) is 0 Å². The first-order valence-electron chi connectivity index (χ1n) is 9.30. The maximum atomic E-state index is 12.8. The summed E-state index contributed by atoms with van der Waals surface area (Å²) < 4.78 is 11.4. The van der Waals surface area contributed by atoms with E-state index in [2.05, 4.69) is 6.92 Å². The van der Waals surface area contributed by atoms with Crippen LogP contribution in [-0.4, -0.2) is 36.0 Å². The van der Waals surface area contributed by atoms with Crippen LogP contribution < -0.4 is 4.74 Å². The van der Waals surface area contributed by atoms with Crippen LogP contribution in [0.15, 0.2) is 18.2 Å². The van der Waals surface area contributed by atoms with Gasteiger partial charge in [-0.05, 0) is 25.8 Å². The Hall–Kier alpha value is -2.04. The van der Waals surface area contributed by atoms with E-state index in [0.717, 1.165) is 36.1 Å². The molecule has 0 aromatic heterocycles. The zero-order valence-electron chi connectivity index (χ0n) is 15.3. The average Bonchev–Trinajstić information content (AvgIpc) is 3.14. The molecule has 5 nitrogen and oxygen atoms in total. The smallest absolute Gasteiger partial charge is 0.314 e. The number of carbonyl (C=O) groups excluding carboxylic acids is 2. The highest BCUT2D eigenvalue weighted by Gasteiger charge is 2.54. The molecule has 1 aromatic carbocycles. The van der Waals surface area contributed by atoms with Crippen LogP contribution in [0.25, 0.3) is 0 Å². The molecule has 1 fully saturated rings. The lowest BCUT2D eigenvalue weighted by molar-refractivity contribution is -0.149. The summed E-state index contributed by atoms with van der Waals surface area (Å²) in [4.78, 5) is 27.1. The highest BCUT2D eigenvalue weighted by molar-refractivity contribution is 5.81. The Kier molecular flexibility index (Phi) is 5.30. The van der Waals surface area contributed by atoms with Gasteiger partial charge in [0.1, 0.15) is 17.8 Å². The van der Waals surface area contributed by atoms with Crippen LogP contribution in [0.1, 0.15) is 56.7 Å². The molecule has 0 unspecified atom stereocenters. The van der Waals surface area contributed by atoms with Gasteiger partial charge in [-0.25, -0.2) is 0 Å². The molecule has 2 heterocycles. The summed E-state index contributed by atoms with van der Waals surface area (Å²) in [7, 11) is 0. The summed E-state index contributed by atoms with van der Waals surface area (Å²) >= 11 is 0. The van der Waals surface area contributed by atoms with Crippen molar-refractivity contribution in [1.29, 1.82) is 0 Å². The highest BCUT2D eigenvalue weighted by Crippen LogP contribution is 2.49. The molecule has 5 heteroatoms. The van der Waals surface area contributed by atoms with E-state index < -0.39 is 5.92 Å². The Morgan fingerprint density at radius 2 is 2.08 bits per heavy atom. The number of unbranched alkanes of at least 4 members (excludes halogenated alkanes) is 2. The second-order valence-corrected chi connectivity index (χ2v) is 6.88. The number of fused-ring (bicyclic) bond motifs is 3. The second kappa shape index (κ2) is 7.46. The number of likely N-dealkylation sites (tertiary alicyclic amines) is 1. The summed E-state index contributed by atoms with van der Waals surface area (Å²) in [5.74, 6) is 0.227. The van der Waals surface area contributed by atoms with Gasteiger partial charge in [0.2, 0.25) is 5.91 Å². The Morgan fingerprint density at radius 1 is 1.28 bits per heavy atom. The fourth-order valence-electron chi connectivity index (χ4n) is 3.91. The summed E-state index contributed by atoms with van der Waals surface area (Å²) in [5.41, 5.74) is 2.05. The maximum absolute atomic E-state index is 12.8. The molecule has 3 atom stereocenters. The Bertz CT molecular complexity index is 657. The van der Waals surface area contributed by atoms with Crippen molar-refractivity contribution < 1.29 is 19.1 Å². The summed E-state index contributed by atoms with van der Waals surface area (Å²) in [5, 5.41) is 0. The van der Waals surface area contributed by atoms with Gasteiger partial charge in [0, 0.05) is 18.5 Å². The van der Waals surface area contributed by atoms with Crippen molar-refractivity contribution in [1.82, 2.24) is 4.90 Å². The third kappa shape index (κ3) is 3.24. The van der Waals surface area contributed by atoms with Gasteiger partial charge in [-0.1, -0.05) is 38.0 Å². The maximum Gasteiger partial charge on any atom is 0.314 e. The molecule has 0 aliphatic carbocycles. The molecule has 1 saturated heterocycles. The zero-order valence-corrected chi connectivity index (χ0v) is 15.3. The number of para-hydroxylation sites is 1. The lowest BCUT2D eigenvalue weighted by atomic mass is 9.98. The number of esters is 1. The molecule has 0 saturated carbocycles. The molecule has 2 aliphatic rings. The molecule has 3 rings (SSSR count). The van der Waals surface area contributed by atoms with Gasteiger partial charge in [-0.2, -0.15) is 0 Å². The molecule has 1 aromatic rings. The second-order valence-electron chi connectivity index (χ2n) is 6.88. The van der Waals surface area contributed by atoms with Crippen molar-refractivity contribution in [3.8, 4) is 5.75 Å². The van der Waals surface area contributed by atoms with Gasteiger partial charge in [0.15, 0.2) is 0 Å². The molecule has 0 N–H and O–H groups in total. The number of nitrogens with zero attached hydrogens (tertiary/aromatic N) is 1. The Morgan fingerprint density at radius 3 is 2.80 bits per heavy atom. The van der Waals surface area contributed by atoms with Crippen LogP contribution in [0.4, 0.5) is 0 Å². The minimum atomic E-state index is -0.424. The molecular formula is C20H27NO4. The number of rotatable bonds is 6. The number of amides is 1. The molecular weight excluding hydrogens is 318 g/mol. The lowest BCUT2D eigenvalue weighted by Crippen LogP contribution is -2.32. The molecule has 25 heavy (non-hydrogen) atoms. The Labute approximate surface area is 149 Å². The van der Waals surface area contributed by atoms with Crippen molar-refractivity contribution >= 4 is 11.9 Å². The number of ether oxygens (including phenoxy) is 2. The quantitative estimate of drug-likeness (QED) is 0.586. The standard InChI is InChI=1S/C20H27NO4/c1-4-6-7-11-16(22)21-12-15(20(23)24-5-2)19-17(21)14-10-8-9-13(3)18(14)25-19/h8-10,15,17,19H,4-7,11-12H2,1-3H3/t15-,17+,19+/m1/s1. The molecule has 136 valence electrons. The number of hydrogen-bond donors (Lipinski definition) is 0. The van der Waals surface area contributed by atoms with Crippen molar-refractivity contribution in [2.75, 3.05) is 13.2 Å². The van der Waals surface area contributed by atoms with Gasteiger partial charge < -0.3 is 14.4 Å². The van der Waals surface area contributed by atoms with Crippen LogP contribution in [0.3, 0.4) is 0 Å². The molecule has 0 spiro atoms. The van der Waals surface area contributed by atoms with Crippen LogP contribution in [0.5, 0.6) is 5.75 Å². The van der Waals surface area contributed by atoms with E-state index in [9.17, 15) is 9.59 Å². The first-order valence-corrected chi connectivity index (χ1v) is 9.30. The predicted octanol–water partition coefficient (Wildman–Crippen LogP) is 3.40. The minimum absolute atomic E-state index is 0.105. The highest BCUT2D eigenvalue weighted by atomic mass is 16.5. The molecule has 2 aliphatic heterocycles. The third-order valence-corrected chi connectivity index (χ3v) is 5.16. The number of benzene rings is 1. The van der Waals surface area contributed by atoms with Gasteiger partial charge in [-0.3, -0.25) is 9.59 Å². The topological polar surface area (TPSA) is 55.8 Å². The van der Waals surface area contributed by atoms with E-state index in [-0.39, 0.29) is 24.0 Å². The third-order valence-electron chi connectivity index (χ3n) is 5.16. The van der Waals surface area contributed by atoms with Crippen molar-refractivity contribution in [2.24, 2.45) is 5.92 Å². The SMILES string of the molecule is CCCCCC(=O)N1C[C@@H](C(=O)OCC)[C@@H]2Oc3c(C)cccc3[C@@H]21. The zero-order chi connectivity index (χ0) is 18.0. The number of hydrogen-bond acceptors (Lipinski definition) is 4. The van der Waals surface area contributed by atoms with Gasteiger partial charge in [0.25, 0.3) is 0 Å². The number of aryl methyl sites for hydroxylation is 1. The van der Waals surface area contributed by atoms with E-state index in [0.29, 0.717) is 19.6 Å². The molecule has 1 amide bonds. The van der Waals surface area contributed by atoms with Gasteiger partial charge in [-0.15, -0.1) is 0 Å². The van der Waals surface area contributed by atoms with Crippen molar-refractivity contribution in [2.45, 2.75) is 58.6 Å². The van der Waals surface area contributed by atoms with Gasteiger partial charge >= 0.3 is 5.97 Å². The first-order chi connectivity index (χ1) is 12.1.